The van der Waals surface area contributed by atoms with Crippen LogP contribution in [0.25, 0.3) is 5.65 Å². The number of aliphatic hydroxyl groups is 1. The number of aryl methyl sites for hydroxylation is 1. The Morgan fingerprint density at radius 2 is 2.03 bits per heavy atom. The maximum Gasteiger partial charge on any atom is 0.230 e. The molecule has 1 fully saturated rings. The quantitative estimate of drug-likeness (QED) is 0.541. The Kier molecular flexibility index (Phi) is 5.70. The lowest BCUT2D eigenvalue weighted by Gasteiger charge is -2.35. The highest BCUT2D eigenvalue weighted by molar-refractivity contribution is 5.55. The van der Waals surface area contributed by atoms with Crippen molar-refractivity contribution in [3.05, 3.63) is 29.7 Å². The van der Waals surface area contributed by atoms with Crippen LogP contribution in [0.4, 0.5) is 17.8 Å². The predicted molar refractivity (Wildman–Crippen MR) is 111 cm³/mol. The second kappa shape index (κ2) is 8.56. The fourth-order valence-corrected chi connectivity index (χ4v) is 3.75. The summed E-state index contributed by atoms with van der Waals surface area (Å²) in [4.78, 5) is 19.9. The molecule has 0 aliphatic carbocycles. The molecule has 4 rings (SSSR count). The van der Waals surface area contributed by atoms with Gasteiger partial charge in [-0.05, 0) is 32.1 Å². The number of nitrogen functional groups attached to an aromatic ring is 1. The fourth-order valence-electron chi connectivity index (χ4n) is 3.75. The summed E-state index contributed by atoms with van der Waals surface area (Å²) in [5, 5.41) is 17.3. The second-order valence-corrected chi connectivity index (χ2v) is 7.26. The number of hydrogen-bond donors (Lipinski definition) is 3. The van der Waals surface area contributed by atoms with Gasteiger partial charge in [0.15, 0.2) is 5.65 Å². The molecule has 0 saturated carbocycles. The maximum absolute atomic E-state index is 9.47. The van der Waals surface area contributed by atoms with Crippen molar-refractivity contribution in [2.24, 2.45) is 0 Å². The minimum Gasteiger partial charge on any atom is -0.396 e. The van der Waals surface area contributed by atoms with E-state index in [-0.39, 0.29) is 18.6 Å². The third kappa shape index (κ3) is 4.07. The summed E-state index contributed by atoms with van der Waals surface area (Å²) in [5.41, 5.74) is 8.34. The number of nitrogens with one attached hydrogen (secondary N) is 1. The zero-order chi connectivity index (χ0) is 20.2. The predicted octanol–water partition coefficient (Wildman–Crippen LogP) is 1.41. The van der Waals surface area contributed by atoms with Crippen molar-refractivity contribution in [1.82, 2.24) is 29.5 Å². The van der Waals surface area contributed by atoms with Crippen LogP contribution in [0, 0.1) is 0 Å². The van der Waals surface area contributed by atoms with Crippen molar-refractivity contribution in [2.75, 3.05) is 29.1 Å². The number of fused-ring (bicyclic) bond motifs is 1. The van der Waals surface area contributed by atoms with Gasteiger partial charge in [-0.15, -0.1) is 0 Å². The molecule has 154 valence electrons. The molecule has 3 aromatic heterocycles. The highest BCUT2D eigenvalue weighted by atomic mass is 16.3. The van der Waals surface area contributed by atoms with Crippen molar-refractivity contribution >= 4 is 23.5 Å². The van der Waals surface area contributed by atoms with Gasteiger partial charge in [0, 0.05) is 49.3 Å². The van der Waals surface area contributed by atoms with Crippen LogP contribution in [0.15, 0.2) is 18.6 Å². The number of hydrogen-bond acceptors (Lipinski definition) is 9. The van der Waals surface area contributed by atoms with Crippen LogP contribution in [0.2, 0.25) is 0 Å². The first kappa shape index (κ1) is 19.3. The molecular formula is C19H27N9O. The molecule has 0 aromatic carbocycles. The van der Waals surface area contributed by atoms with Crippen LogP contribution in [0.3, 0.4) is 0 Å². The van der Waals surface area contributed by atoms with Crippen molar-refractivity contribution in [2.45, 2.75) is 51.6 Å². The van der Waals surface area contributed by atoms with E-state index in [2.05, 4.69) is 32.2 Å². The molecule has 1 saturated heterocycles. The minimum atomic E-state index is 0.165. The standard InChI is InChI=1S/C19H27N9O/c1-2-14-12-24-28-16(14)25-19(27-7-4-3-5-15(27)6-8-29)26-18(28)23-11-13-9-21-17(20)22-10-13/h9-10,12,15,29H,2-8,11H2,1H3,(H2,20,21,22)(H,23,25,26)/t15-/m0/s1. The molecular weight excluding hydrogens is 370 g/mol. The highest BCUT2D eigenvalue weighted by Crippen LogP contribution is 2.26. The number of aliphatic hydroxyl groups excluding tert-OH is 1. The molecule has 1 atom stereocenters. The summed E-state index contributed by atoms with van der Waals surface area (Å²) in [7, 11) is 0. The Morgan fingerprint density at radius 1 is 1.21 bits per heavy atom. The lowest BCUT2D eigenvalue weighted by Crippen LogP contribution is -2.41. The zero-order valence-electron chi connectivity index (χ0n) is 16.6. The van der Waals surface area contributed by atoms with E-state index < -0.39 is 0 Å². The van der Waals surface area contributed by atoms with E-state index in [1.165, 1.54) is 6.42 Å². The zero-order valence-corrected chi connectivity index (χ0v) is 16.6. The lowest BCUT2D eigenvalue weighted by atomic mass is 10.0. The lowest BCUT2D eigenvalue weighted by molar-refractivity contribution is 0.261. The van der Waals surface area contributed by atoms with Crippen molar-refractivity contribution < 1.29 is 5.11 Å². The van der Waals surface area contributed by atoms with Gasteiger partial charge in [-0.2, -0.15) is 19.6 Å². The average Bonchev–Trinajstić information content (AvgIpc) is 3.17. The van der Waals surface area contributed by atoms with Gasteiger partial charge in [-0.1, -0.05) is 6.92 Å². The summed E-state index contributed by atoms with van der Waals surface area (Å²) in [6.07, 6.45) is 10.1. The van der Waals surface area contributed by atoms with Gasteiger partial charge >= 0.3 is 0 Å². The molecule has 0 unspecified atom stereocenters. The Labute approximate surface area is 169 Å². The Morgan fingerprint density at radius 3 is 2.79 bits per heavy atom. The van der Waals surface area contributed by atoms with E-state index in [0.717, 1.165) is 49.0 Å². The topological polar surface area (TPSA) is 130 Å². The number of anilines is 3. The number of aromatic nitrogens is 6. The van der Waals surface area contributed by atoms with Gasteiger partial charge in [-0.25, -0.2) is 9.97 Å². The monoisotopic (exact) mass is 397 g/mol. The van der Waals surface area contributed by atoms with E-state index in [4.69, 9.17) is 15.7 Å². The third-order valence-corrected chi connectivity index (χ3v) is 5.33. The summed E-state index contributed by atoms with van der Waals surface area (Å²) < 4.78 is 1.74. The second-order valence-electron chi connectivity index (χ2n) is 7.26. The Balaban J connectivity index is 1.68. The van der Waals surface area contributed by atoms with Crippen LogP contribution in [0.1, 0.15) is 43.7 Å². The molecule has 1 aliphatic rings. The van der Waals surface area contributed by atoms with Crippen molar-refractivity contribution in [1.29, 1.82) is 0 Å². The van der Waals surface area contributed by atoms with E-state index in [9.17, 15) is 5.11 Å². The number of nitrogens with two attached hydrogens (primary N) is 1. The summed E-state index contributed by atoms with van der Waals surface area (Å²) >= 11 is 0. The SMILES string of the molecule is CCc1cnn2c(NCc3cnc(N)nc3)nc(N3CCCC[C@H]3CCO)nc12. The van der Waals surface area contributed by atoms with E-state index >= 15 is 0 Å². The molecule has 0 amide bonds. The highest BCUT2D eigenvalue weighted by Gasteiger charge is 2.26. The van der Waals surface area contributed by atoms with Crippen LogP contribution in [0.5, 0.6) is 0 Å². The van der Waals surface area contributed by atoms with Gasteiger partial charge in [0.1, 0.15) is 0 Å². The van der Waals surface area contributed by atoms with Crippen LogP contribution in [-0.4, -0.2) is 53.9 Å². The molecule has 4 N–H and O–H groups in total. The number of nitrogens with zero attached hydrogens (tertiary/aromatic N) is 7. The van der Waals surface area contributed by atoms with Gasteiger partial charge in [-0.3, -0.25) is 0 Å². The number of piperidine rings is 1. The van der Waals surface area contributed by atoms with E-state index in [1.807, 2.05) is 6.20 Å². The van der Waals surface area contributed by atoms with Crippen LogP contribution in [-0.2, 0) is 13.0 Å². The first-order chi connectivity index (χ1) is 14.2. The molecule has 10 nitrogen and oxygen atoms in total. The summed E-state index contributed by atoms with van der Waals surface area (Å²) in [6, 6.07) is 0.252. The van der Waals surface area contributed by atoms with E-state index in [0.29, 0.717) is 18.4 Å². The largest absolute Gasteiger partial charge is 0.396 e. The smallest absolute Gasteiger partial charge is 0.230 e. The average molecular weight is 397 g/mol. The maximum atomic E-state index is 9.47. The van der Waals surface area contributed by atoms with E-state index in [1.54, 1.807) is 16.9 Å². The summed E-state index contributed by atoms with van der Waals surface area (Å²) in [6.45, 7) is 3.64. The molecule has 10 heteroatoms. The molecule has 1 aliphatic heterocycles. The minimum absolute atomic E-state index is 0.165. The molecule has 29 heavy (non-hydrogen) atoms. The van der Waals surface area contributed by atoms with Gasteiger partial charge in [0.05, 0.1) is 6.20 Å². The third-order valence-electron chi connectivity index (χ3n) is 5.33. The molecule has 0 spiro atoms. The van der Waals surface area contributed by atoms with Gasteiger partial charge < -0.3 is 21.1 Å². The molecule has 3 aromatic rings. The fraction of sp³-hybridized carbons (Fsp3) is 0.526. The van der Waals surface area contributed by atoms with Crippen LogP contribution < -0.4 is 16.0 Å². The molecule has 0 bridgehead atoms. The molecule has 4 heterocycles. The van der Waals surface area contributed by atoms with Crippen molar-refractivity contribution in [3.63, 3.8) is 0 Å². The molecule has 0 radical (unpaired) electrons. The van der Waals surface area contributed by atoms with Gasteiger partial charge in [0.2, 0.25) is 17.8 Å². The van der Waals surface area contributed by atoms with Crippen LogP contribution >= 0.6 is 0 Å². The number of rotatable bonds is 7. The Hall–Kier alpha value is -3.01. The van der Waals surface area contributed by atoms with Gasteiger partial charge in [0.25, 0.3) is 0 Å². The first-order valence-corrected chi connectivity index (χ1v) is 10.1. The summed E-state index contributed by atoms with van der Waals surface area (Å²) in [5.74, 6) is 1.55. The normalized spacial score (nSPS) is 17.0. The first-order valence-electron chi connectivity index (χ1n) is 10.1. The van der Waals surface area contributed by atoms with Crippen molar-refractivity contribution in [3.8, 4) is 0 Å². The Bertz CT molecular complexity index is 954.